The van der Waals surface area contributed by atoms with Crippen molar-refractivity contribution in [3.63, 3.8) is 0 Å². The molecule has 8 nitrogen and oxygen atoms in total. The molecule has 0 fully saturated rings. The molecule has 1 N–H and O–H groups in total. The van der Waals surface area contributed by atoms with E-state index in [-0.39, 0.29) is 19.2 Å². The van der Waals surface area contributed by atoms with Gasteiger partial charge in [-0.2, -0.15) is 0 Å². The number of nitrogens with one attached hydrogen (secondary N) is 1. The Morgan fingerprint density at radius 1 is 0.675 bits per heavy atom. The van der Waals surface area contributed by atoms with Crippen LogP contribution in [0.1, 0.15) is 81.5 Å². The highest BCUT2D eigenvalue weighted by Gasteiger charge is 2.08. The highest BCUT2D eigenvalue weighted by molar-refractivity contribution is 5.95. The van der Waals surface area contributed by atoms with Crippen LogP contribution in [0.25, 0.3) is 10.8 Å². The SMILES string of the molecule is C=C(C)C(=O)OCCOCCNC(=O)OCCCCCCCCCCCCOC(=O)c1ccc2ccccc2c1. The summed E-state index contributed by atoms with van der Waals surface area (Å²) in [5, 5.41) is 4.79. The fraction of sp³-hybridized carbons (Fsp3) is 0.531. The van der Waals surface area contributed by atoms with Crippen molar-refractivity contribution in [3.05, 3.63) is 60.2 Å². The van der Waals surface area contributed by atoms with E-state index in [0.717, 1.165) is 49.3 Å². The van der Waals surface area contributed by atoms with Crippen LogP contribution in [0.3, 0.4) is 0 Å². The van der Waals surface area contributed by atoms with E-state index in [1.54, 1.807) is 6.92 Å². The highest BCUT2D eigenvalue weighted by atomic mass is 16.6. The molecule has 220 valence electrons. The van der Waals surface area contributed by atoms with Crippen molar-refractivity contribution in [1.82, 2.24) is 5.32 Å². The number of esters is 2. The van der Waals surface area contributed by atoms with E-state index in [0.29, 0.717) is 37.5 Å². The van der Waals surface area contributed by atoms with E-state index in [1.165, 1.54) is 25.7 Å². The first kappa shape index (κ1) is 32.8. The first-order valence-corrected chi connectivity index (χ1v) is 14.4. The number of hydrogen-bond acceptors (Lipinski definition) is 7. The first-order chi connectivity index (χ1) is 19.5. The van der Waals surface area contributed by atoms with E-state index in [2.05, 4.69) is 11.9 Å². The van der Waals surface area contributed by atoms with E-state index >= 15 is 0 Å². The van der Waals surface area contributed by atoms with Gasteiger partial charge in [0.2, 0.25) is 0 Å². The maximum absolute atomic E-state index is 12.3. The third-order valence-electron chi connectivity index (χ3n) is 6.32. The fourth-order valence-corrected chi connectivity index (χ4v) is 4.04. The molecule has 2 rings (SSSR count). The molecule has 0 bridgehead atoms. The van der Waals surface area contributed by atoms with Crippen molar-refractivity contribution in [2.75, 3.05) is 39.6 Å². The first-order valence-electron chi connectivity index (χ1n) is 14.4. The zero-order valence-corrected chi connectivity index (χ0v) is 23.9. The number of carbonyl (C=O) groups excluding carboxylic acids is 3. The summed E-state index contributed by atoms with van der Waals surface area (Å²) in [5.74, 6) is -0.689. The molecule has 0 aromatic heterocycles. The Morgan fingerprint density at radius 2 is 1.27 bits per heavy atom. The molecule has 0 heterocycles. The second kappa shape index (κ2) is 20.5. The number of carbonyl (C=O) groups is 3. The number of amides is 1. The number of benzene rings is 2. The van der Waals surface area contributed by atoms with Crippen LogP contribution in [0.5, 0.6) is 0 Å². The predicted molar refractivity (Wildman–Crippen MR) is 156 cm³/mol. The second-order valence-corrected chi connectivity index (χ2v) is 9.82. The van der Waals surface area contributed by atoms with E-state index in [9.17, 15) is 14.4 Å². The number of rotatable bonds is 21. The summed E-state index contributed by atoms with van der Waals surface area (Å²) < 4.78 is 20.8. The Balaban J connectivity index is 1.30. The Hall–Kier alpha value is -3.39. The maximum atomic E-state index is 12.3. The lowest BCUT2D eigenvalue weighted by atomic mass is 10.1. The van der Waals surface area contributed by atoms with E-state index in [1.807, 2.05) is 42.5 Å². The molecule has 40 heavy (non-hydrogen) atoms. The second-order valence-electron chi connectivity index (χ2n) is 9.82. The molecule has 2 aromatic rings. The van der Waals surface area contributed by atoms with E-state index in [4.69, 9.17) is 18.9 Å². The lowest BCUT2D eigenvalue weighted by Crippen LogP contribution is -2.28. The summed E-state index contributed by atoms with van der Waals surface area (Å²) in [4.78, 5) is 35.1. The summed E-state index contributed by atoms with van der Waals surface area (Å²) in [6, 6.07) is 13.7. The summed E-state index contributed by atoms with van der Waals surface area (Å²) >= 11 is 0. The Kier molecular flexibility index (Phi) is 16.8. The van der Waals surface area contributed by atoms with Crippen molar-refractivity contribution in [3.8, 4) is 0 Å². The summed E-state index contributed by atoms with van der Waals surface area (Å²) in [6.45, 7) is 7.04. The van der Waals surface area contributed by atoms with Crippen LogP contribution < -0.4 is 5.32 Å². The largest absolute Gasteiger partial charge is 0.462 e. The van der Waals surface area contributed by atoms with Gasteiger partial charge in [-0.25, -0.2) is 14.4 Å². The number of unbranched alkanes of at least 4 members (excludes halogenated alkanes) is 9. The van der Waals surface area contributed by atoms with Gasteiger partial charge in [0.25, 0.3) is 0 Å². The van der Waals surface area contributed by atoms with Crippen LogP contribution in [0, 0.1) is 0 Å². The van der Waals surface area contributed by atoms with Crippen molar-refractivity contribution in [2.45, 2.75) is 71.1 Å². The minimum absolute atomic E-state index is 0.155. The topological polar surface area (TPSA) is 100 Å². The quantitative estimate of drug-likeness (QED) is 0.0786. The number of alkyl carbamates (subject to hydrolysis) is 1. The molecule has 1 amide bonds. The molecule has 0 unspecified atom stereocenters. The zero-order valence-electron chi connectivity index (χ0n) is 23.9. The van der Waals surface area contributed by atoms with Crippen molar-refractivity contribution in [1.29, 1.82) is 0 Å². The molecule has 2 aromatic carbocycles. The summed E-state index contributed by atoms with van der Waals surface area (Å²) in [7, 11) is 0. The fourth-order valence-electron chi connectivity index (χ4n) is 4.04. The summed E-state index contributed by atoms with van der Waals surface area (Å²) in [6.07, 6.45) is 10.5. The molecule has 0 saturated heterocycles. The standard InChI is InChI=1S/C32H45NO7/c1-26(2)30(34)39-24-23-37-22-19-33-32(36)40-21-14-10-8-6-4-3-5-7-9-13-20-38-31(35)29-18-17-27-15-11-12-16-28(27)25-29/h11-12,15-18,25H,1,3-10,13-14,19-24H2,2H3,(H,33,36). The van der Waals surface area contributed by atoms with Crippen molar-refractivity contribution >= 4 is 28.8 Å². The molecule has 0 atom stereocenters. The molecular formula is C32H45NO7. The lowest BCUT2D eigenvalue weighted by Gasteiger charge is -2.08. The Bertz CT molecular complexity index is 1050. The molecule has 0 spiro atoms. The minimum atomic E-state index is -0.444. The predicted octanol–water partition coefficient (Wildman–Crippen LogP) is 6.76. The van der Waals surface area contributed by atoms with Crippen molar-refractivity contribution < 1.29 is 33.3 Å². The molecule has 0 saturated carbocycles. The maximum Gasteiger partial charge on any atom is 0.407 e. The lowest BCUT2D eigenvalue weighted by molar-refractivity contribution is -0.140. The molecule has 0 aliphatic rings. The van der Waals surface area contributed by atoms with Gasteiger partial charge in [-0.05, 0) is 42.7 Å². The monoisotopic (exact) mass is 555 g/mol. The number of ether oxygens (including phenoxy) is 4. The van der Waals surface area contributed by atoms with Crippen LogP contribution in [0.15, 0.2) is 54.6 Å². The minimum Gasteiger partial charge on any atom is -0.462 e. The highest BCUT2D eigenvalue weighted by Crippen LogP contribution is 2.16. The Labute approximate surface area is 238 Å². The van der Waals surface area contributed by atoms with Crippen LogP contribution in [-0.2, 0) is 23.7 Å². The van der Waals surface area contributed by atoms with Crippen LogP contribution in [0.2, 0.25) is 0 Å². The van der Waals surface area contributed by atoms with Gasteiger partial charge in [-0.15, -0.1) is 0 Å². The third-order valence-corrected chi connectivity index (χ3v) is 6.32. The number of hydrogen-bond donors (Lipinski definition) is 1. The van der Waals surface area contributed by atoms with Gasteiger partial charge >= 0.3 is 18.0 Å². The Morgan fingerprint density at radius 3 is 1.93 bits per heavy atom. The molecule has 0 radical (unpaired) electrons. The van der Waals surface area contributed by atoms with Crippen LogP contribution >= 0.6 is 0 Å². The third kappa shape index (κ3) is 14.7. The van der Waals surface area contributed by atoms with Gasteiger partial charge in [-0.1, -0.05) is 88.3 Å². The molecule has 8 heteroatoms. The van der Waals surface area contributed by atoms with Gasteiger partial charge in [0, 0.05) is 12.1 Å². The van der Waals surface area contributed by atoms with Gasteiger partial charge in [-0.3, -0.25) is 0 Å². The van der Waals surface area contributed by atoms with Gasteiger partial charge in [0.05, 0.1) is 32.0 Å². The average Bonchev–Trinajstić information content (AvgIpc) is 2.96. The smallest absolute Gasteiger partial charge is 0.407 e. The van der Waals surface area contributed by atoms with E-state index < -0.39 is 12.1 Å². The van der Waals surface area contributed by atoms with Crippen LogP contribution in [-0.4, -0.2) is 57.6 Å². The normalized spacial score (nSPS) is 10.7. The van der Waals surface area contributed by atoms with Gasteiger partial charge in [0.15, 0.2) is 0 Å². The molecular weight excluding hydrogens is 510 g/mol. The van der Waals surface area contributed by atoms with Gasteiger partial charge in [0.1, 0.15) is 6.61 Å². The van der Waals surface area contributed by atoms with Crippen LogP contribution in [0.4, 0.5) is 4.79 Å². The zero-order chi connectivity index (χ0) is 28.8. The van der Waals surface area contributed by atoms with Crippen molar-refractivity contribution in [2.24, 2.45) is 0 Å². The van der Waals surface area contributed by atoms with Gasteiger partial charge < -0.3 is 24.3 Å². The molecule has 0 aliphatic carbocycles. The number of fused-ring (bicyclic) bond motifs is 1. The summed E-state index contributed by atoms with van der Waals surface area (Å²) in [5.41, 5.74) is 0.954. The average molecular weight is 556 g/mol. The molecule has 0 aliphatic heterocycles.